The summed E-state index contributed by atoms with van der Waals surface area (Å²) in [7, 11) is 0. The maximum Gasteiger partial charge on any atom is 0.408 e. The molecule has 0 saturated carbocycles. The van der Waals surface area contributed by atoms with Gasteiger partial charge in [0.05, 0.1) is 18.0 Å². The van der Waals surface area contributed by atoms with Crippen LogP contribution < -0.4 is 16.0 Å². The zero-order valence-corrected chi connectivity index (χ0v) is 27.7. The van der Waals surface area contributed by atoms with Crippen LogP contribution in [0.25, 0.3) is 0 Å². The molecule has 0 aliphatic heterocycles. The molecule has 3 rings (SSSR count). The Morgan fingerprint density at radius 3 is 1.98 bits per heavy atom. The fourth-order valence-corrected chi connectivity index (χ4v) is 5.01. The fraction of sp³-hybridized carbons (Fsp3) is 0.351. The monoisotopic (exact) mass is 673 g/mol. The fourth-order valence-electron chi connectivity index (χ4n) is 5.01. The molecule has 12 nitrogen and oxygen atoms in total. The molecular weight excluding hydrogens is 630 g/mol. The van der Waals surface area contributed by atoms with Crippen molar-refractivity contribution in [1.82, 2.24) is 16.0 Å². The number of esters is 1. The number of carboxylic acids is 1. The zero-order chi connectivity index (χ0) is 35.6. The molecule has 2 atom stereocenters. The lowest BCUT2D eigenvalue weighted by atomic mass is 10.0. The highest BCUT2D eigenvalue weighted by atomic mass is 16.5. The standard InChI is InChI=1S/C37H43N3O9/c1-25-12-11-13-26(2)34(25)36(46)48-24-31(41)29(18-9-10-21-38-32(42)19-20-33(43)44)39-35(45)30(22-27-14-5-3-6-15-27)40-37(47)49-23-28-16-7-4-8-17-28/h3-8,11-17,29-30H,9-10,18-24H2,1-2H3,(H,38,42)(H,39,45)(H,40,47)(H,43,44)/t29-,30-/m1/s1. The number of carbonyl (C=O) groups excluding carboxylic acids is 5. The number of alkyl carbamates (subject to hydrolysis) is 1. The number of aryl methyl sites for hydroxylation is 2. The van der Waals surface area contributed by atoms with Crippen LogP contribution in [-0.4, -0.2) is 66.0 Å². The molecule has 3 amide bonds. The van der Waals surface area contributed by atoms with E-state index in [1.54, 1.807) is 62.4 Å². The van der Waals surface area contributed by atoms with E-state index >= 15 is 0 Å². The first kappa shape index (κ1) is 37.9. The Bertz CT molecular complexity index is 1560. The van der Waals surface area contributed by atoms with Gasteiger partial charge in [-0.2, -0.15) is 0 Å². The molecule has 0 bridgehead atoms. The Hall–Kier alpha value is -5.52. The number of nitrogens with one attached hydrogen (secondary N) is 3. The third-order valence-electron chi connectivity index (χ3n) is 7.65. The van der Waals surface area contributed by atoms with E-state index in [0.29, 0.717) is 29.5 Å². The van der Waals surface area contributed by atoms with Gasteiger partial charge in [-0.05, 0) is 55.4 Å². The van der Waals surface area contributed by atoms with Crippen molar-refractivity contribution < 1.29 is 43.3 Å². The summed E-state index contributed by atoms with van der Waals surface area (Å²) in [6.07, 6.45) is -0.182. The maximum atomic E-state index is 13.7. The molecule has 0 saturated heterocycles. The molecule has 0 aliphatic carbocycles. The maximum absolute atomic E-state index is 13.7. The third-order valence-corrected chi connectivity index (χ3v) is 7.65. The number of carboxylic acid groups (broad SMARTS) is 1. The summed E-state index contributed by atoms with van der Waals surface area (Å²) in [5.74, 6) is -3.33. The zero-order valence-electron chi connectivity index (χ0n) is 27.7. The van der Waals surface area contributed by atoms with Gasteiger partial charge in [-0.3, -0.25) is 19.2 Å². The van der Waals surface area contributed by atoms with Crippen LogP contribution >= 0.6 is 0 Å². The van der Waals surface area contributed by atoms with Crippen molar-refractivity contribution in [2.75, 3.05) is 13.2 Å². The van der Waals surface area contributed by atoms with Crippen LogP contribution in [0.5, 0.6) is 0 Å². The molecule has 260 valence electrons. The second-order valence-corrected chi connectivity index (χ2v) is 11.6. The Balaban J connectivity index is 1.69. The third kappa shape index (κ3) is 13.6. The molecule has 4 N–H and O–H groups in total. The summed E-state index contributed by atoms with van der Waals surface area (Å²) in [6, 6.07) is 21.2. The molecule has 0 unspecified atom stereocenters. The van der Waals surface area contributed by atoms with E-state index in [2.05, 4.69) is 16.0 Å². The number of ketones is 1. The summed E-state index contributed by atoms with van der Waals surface area (Å²) >= 11 is 0. The van der Waals surface area contributed by atoms with E-state index in [9.17, 15) is 28.8 Å². The van der Waals surface area contributed by atoms with Gasteiger partial charge in [0, 0.05) is 19.4 Å². The van der Waals surface area contributed by atoms with Crippen molar-refractivity contribution in [2.24, 2.45) is 0 Å². The number of unbranched alkanes of at least 4 members (excludes halogenated alkanes) is 1. The van der Waals surface area contributed by atoms with Crippen molar-refractivity contribution in [2.45, 2.75) is 71.1 Å². The highest BCUT2D eigenvalue weighted by Gasteiger charge is 2.28. The lowest BCUT2D eigenvalue weighted by molar-refractivity contribution is -0.138. The van der Waals surface area contributed by atoms with Crippen LogP contribution in [0.3, 0.4) is 0 Å². The van der Waals surface area contributed by atoms with Gasteiger partial charge >= 0.3 is 18.0 Å². The number of amides is 3. The van der Waals surface area contributed by atoms with Gasteiger partial charge in [-0.15, -0.1) is 0 Å². The first-order valence-electron chi connectivity index (χ1n) is 16.1. The highest BCUT2D eigenvalue weighted by molar-refractivity contribution is 5.96. The number of hydrogen-bond acceptors (Lipinski definition) is 8. The van der Waals surface area contributed by atoms with E-state index in [1.807, 2.05) is 30.3 Å². The molecular formula is C37H43N3O9. The smallest absolute Gasteiger partial charge is 0.408 e. The number of hydrogen-bond donors (Lipinski definition) is 4. The number of carbonyl (C=O) groups is 6. The Kier molecular flexibility index (Phi) is 15.5. The summed E-state index contributed by atoms with van der Waals surface area (Å²) in [6.45, 7) is 3.16. The molecule has 0 heterocycles. The first-order valence-corrected chi connectivity index (χ1v) is 16.1. The average molecular weight is 674 g/mol. The molecule has 0 radical (unpaired) electrons. The number of Topliss-reactive ketones (excluding diaryl/α,β-unsaturated/α-hetero) is 1. The number of ether oxygens (including phenoxy) is 2. The second kappa shape index (κ2) is 20.0. The minimum Gasteiger partial charge on any atom is -0.481 e. The van der Waals surface area contributed by atoms with Gasteiger partial charge in [-0.1, -0.05) is 78.9 Å². The lowest BCUT2D eigenvalue weighted by Crippen LogP contribution is -2.53. The van der Waals surface area contributed by atoms with Crippen LogP contribution in [0.15, 0.2) is 78.9 Å². The van der Waals surface area contributed by atoms with Gasteiger partial charge in [0.25, 0.3) is 0 Å². The summed E-state index contributed by atoms with van der Waals surface area (Å²) < 4.78 is 10.7. The normalized spacial score (nSPS) is 11.8. The SMILES string of the molecule is Cc1cccc(C)c1C(=O)OCC(=O)[C@@H](CCCCNC(=O)CCC(=O)O)NC(=O)[C@@H](Cc1ccccc1)NC(=O)OCc1ccccc1. The molecule has 3 aromatic carbocycles. The topological polar surface area (TPSA) is 177 Å². The number of benzene rings is 3. The van der Waals surface area contributed by atoms with Gasteiger partial charge < -0.3 is 30.5 Å². The molecule has 0 spiro atoms. The second-order valence-electron chi connectivity index (χ2n) is 11.6. The Morgan fingerprint density at radius 1 is 0.714 bits per heavy atom. The molecule has 0 aliphatic rings. The van der Waals surface area contributed by atoms with Crippen LogP contribution in [0.2, 0.25) is 0 Å². The van der Waals surface area contributed by atoms with Crippen LogP contribution in [0.1, 0.15) is 64.7 Å². The summed E-state index contributed by atoms with van der Waals surface area (Å²) in [5, 5.41) is 16.7. The number of aliphatic carboxylic acids is 1. The van der Waals surface area contributed by atoms with E-state index in [4.69, 9.17) is 14.6 Å². The summed E-state index contributed by atoms with van der Waals surface area (Å²) in [4.78, 5) is 75.4. The van der Waals surface area contributed by atoms with E-state index in [1.165, 1.54) is 0 Å². The molecule has 49 heavy (non-hydrogen) atoms. The van der Waals surface area contributed by atoms with E-state index < -0.39 is 54.3 Å². The molecule has 12 heteroatoms. The van der Waals surface area contributed by atoms with Gasteiger partial charge in [0.1, 0.15) is 12.6 Å². The minimum absolute atomic E-state index is 0.00790. The molecule has 0 fully saturated rings. The van der Waals surface area contributed by atoms with Crippen molar-refractivity contribution >= 4 is 35.6 Å². The lowest BCUT2D eigenvalue weighted by Gasteiger charge is -2.23. The van der Waals surface area contributed by atoms with Crippen LogP contribution in [0, 0.1) is 13.8 Å². The predicted octanol–water partition coefficient (Wildman–Crippen LogP) is 4.20. The van der Waals surface area contributed by atoms with Crippen LogP contribution in [0.4, 0.5) is 4.79 Å². The largest absolute Gasteiger partial charge is 0.481 e. The average Bonchev–Trinajstić information content (AvgIpc) is 3.08. The first-order chi connectivity index (χ1) is 23.5. The van der Waals surface area contributed by atoms with Gasteiger partial charge in [0.2, 0.25) is 11.8 Å². The van der Waals surface area contributed by atoms with Crippen LogP contribution in [-0.2, 0) is 41.7 Å². The Labute approximate surface area is 285 Å². The van der Waals surface area contributed by atoms with Crippen molar-refractivity contribution in [3.05, 3.63) is 107 Å². The minimum atomic E-state index is -1.10. The van der Waals surface area contributed by atoms with E-state index in [-0.39, 0.29) is 38.8 Å². The number of rotatable bonds is 19. The molecule has 3 aromatic rings. The quantitative estimate of drug-likeness (QED) is 0.107. The van der Waals surface area contributed by atoms with E-state index in [0.717, 1.165) is 11.1 Å². The summed E-state index contributed by atoms with van der Waals surface area (Å²) in [5.41, 5.74) is 3.27. The Morgan fingerprint density at radius 2 is 1.35 bits per heavy atom. The van der Waals surface area contributed by atoms with Crippen molar-refractivity contribution in [3.63, 3.8) is 0 Å². The van der Waals surface area contributed by atoms with Gasteiger partial charge in [-0.25, -0.2) is 9.59 Å². The van der Waals surface area contributed by atoms with Gasteiger partial charge in [0.15, 0.2) is 12.4 Å². The molecule has 0 aromatic heterocycles. The predicted molar refractivity (Wildman–Crippen MR) is 181 cm³/mol. The van der Waals surface area contributed by atoms with Crippen molar-refractivity contribution in [3.8, 4) is 0 Å². The van der Waals surface area contributed by atoms with Crippen molar-refractivity contribution in [1.29, 1.82) is 0 Å². The highest BCUT2D eigenvalue weighted by Crippen LogP contribution is 2.15.